The summed E-state index contributed by atoms with van der Waals surface area (Å²) in [5, 5.41) is 8.69. The summed E-state index contributed by atoms with van der Waals surface area (Å²) < 4.78 is 15.3. The Hall–Kier alpha value is -2.83. The maximum atomic E-state index is 6.14. The van der Waals surface area contributed by atoms with Gasteiger partial charge in [-0.25, -0.2) is 9.67 Å². The molecule has 0 N–H and O–H groups in total. The average Bonchev–Trinajstić information content (AvgIpc) is 3.21. The summed E-state index contributed by atoms with van der Waals surface area (Å²) in [7, 11) is 3.61. The number of methoxy groups -OCH3 is 1. The molecular weight excluding hydrogens is 318 g/mol. The number of aryl methyl sites for hydroxylation is 1. The summed E-state index contributed by atoms with van der Waals surface area (Å²) in [5.74, 6) is 2.45. The molecule has 7 heteroatoms. The third-order valence-corrected chi connectivity index (χ3v) is 4.53. The lowest BCUT2D eigenvalue weighted by molar-refractivity contribution is 0.0643. The first-order valence-electron chi connectivity index (χ1n) is 8.23. The molecule has 3 heterocycles. The molecule has 3 aromatic rings. The highest BCUT2D eigenvalue weighted by molar-refractivity contribution is 5.48. The molecular formula is C18H21N5O2. The minimum absolute atomic E-state index is 0.0235. The normalized spacial score (nSPS) is 18.5. The number of nitrogens with zero attached hydrogens (tertiary/aromatic N) is 5. The summed E-state index contributed by atoms with van der Waals surface area (Å²) in [6, 6.07) is 5.91. The van der Waals surface area contributed by atoms with Gasteiger partial charge in [0.2, 0.25) is 0 Å². The van der Waals surface area contributed by atoms with Crippen LogP contribution in [0.2, 0.25) is 0 Å². The molecule has 0 amide bonds. The van der Waals surface area contributed by atoms with E-state index in [1.54, 1.807) is 13.3 Å². The monoisotopic (exact) mass is 339 g/mol. The zero-order valence-corrected chi connectivity index (χ0v) is 14.8. The van der Waals surface area contributed by atoms with Crippen LogP contribution in [0, 0.1) is 0 Å². The number of ether oxygens (including phenoxy) is 2. The minimum Gasteiger partial charge on any atom is -0.497 e. The summed E-state index contributed by atoms with van der Waals surface area (Å²) in [6.07, 6.45) is 6.38. The maximum absolute atomic E-state index is 6.14. The van der Waals surface area contributed by atoms with Gasteiger partial charge in [-0.3, -0.25) is 0 Å². The summed E-state index contributed by atoms with van der Waals surface area (Å²) in [4.78, 5) is 4.35. The highest BCUT2D eigenvalue weighted by Crippen LogP contribution is 2.42. The van der Waals surface area contributed by atoms with Crippen molar-refractivity contribution in [1.82, 2.24) is 24.5 Å². The molecule has 1 aliphatic rings. The second kappa shape index (κ2) is 5.61. The van der Waals surface area contributed by atoms with Gasteiger partial charge >= 0.3 is 0 Å². The molecule has 0 saturated heterocycles. The van der Waals surface area contributed by atoms with Crippen molar-refractivity contribution in [3.05, 3.63) is 42.4 Å². The Morgan fingerprint density at radius 3 is 2.88 bits per heavy atom. The second-order valence-electron chi connectivity index (χ2n) is 6.93. The largest absolute Gasteiger partial charge is 0.497 e. The molecule has 1 aromatic carbocycles. The van der Waals surface area contributed by atoms with E-state index in [1.165, 1.54) is 0 Å². The fraction of sp³-hybridized carbons (Fsp3) is 0.389. The topological polar surface area (TPSA) is 67.0 Å². The Kier molecular flexibility index (Phi) is 3.52. The summed E-state index contributed by atoms with van der Waals surface area (Å²) in [6.45, 7) is 4.17. The van der Waals surface area contributed by atoms with E-state index < -0.39 is 0 Å². The van der Waals surface area contributed by atoms with Crippen LogP contribution in [0.4, 0.5) is 0 Å². The second-order valence-corrected chi connectivity index (χ2v) is 6.93. The van der Waals surface area contributed by atoms with E-state index >= 15 is 0 Å². The first-order chi connectivity index (χ1) is 12.0. The van der Waals surface area contributed by atoms with E-state index in [9.17, 15) is 0 Å². The average molecular weight is 339 g/mol. The lowest BCUT2D eigenvalue weighted by atomic mass is 9.89. The molecule has 0 spiro atoms. The quantitative estimate of drug-likeness (QED) is 0.734. The molecule has 0 radical (unpaired) electrons. The molecule has 130 valence electrons. The van der Waals surface area contributed by atoms with Crippen molar-refractivity contribution in [3.8, 4) is 23.0 Å². The number of rotatable bonds is 3. The number of imidazole rings is 1. The van der Waals surface area contributed by atoms with Crippen molar-refractivity contribution in [3.63, 3.8) is 0 Å². The lowest BCUT2D eigenvalue weighted by Gasteiger charge is -2.37. The van der Waals surface area contributed by atoms with Gasteiger partial charge in [-0.2, -0.15) is 0 Å². The van der Waals surface area contributed by atoms with Crippen LogP contribution in [-0.2, 0) is 7.05 Å². The van der Waals surface area contributed by atoms with E-state index in [-0.39, 0.29) is 11.6 Å². The maximum Gasteiger partial charge on any atom is 0.161 e. The Bertz CT molecular complexity index is 912. The standard InChI is InChI=1S/C18H21N5O2/c1-18(2)10-15(13-9-12(24-4)5-6-16(13)25-18)23-11-14(20-21-23)17-19-7-8-22(17)3/h5-9,11,15H,10H2,1-4H3. The van der Waals surface area contributed by atoms with Gasteiger partial charge in [0.1, 0.15) is 22.8 Å². The molecule has 0 fully saturated rings. The van der Waals surface area contributed by atoms with Crippen LogP contribution >= 0.6 is 0 Å². The fourth-order valence-corrected chi connectivity index (χ4v) is 3.30. The van der Waals surface area contributed by atoms with Gasteiger partial charge in [0.05, 0.1) is 19.3 Å². The number of fused-ring (bicyclic) bond motifs is 1. The molecule has 1 unspecified atom stereocenters. The molecule has 1 atom stereocenters. The molecule has 25 heavy (non-hydrogen) atoms. The number of hydrogen-bond acceptors (Lipinski definition) is 5. The fourth-order valence-electron chi connectivity index (χ4n) is 3.30. The predicted octanol–water partition coefficient (Wildman–Crippen LogP) is 2.84. The van der Waals surface area contributed by atoms with E-state index in [0.717, 1.165) is 35.0 Å². The van der Waals surface area contributed by atoms with Gasteiger partial charge in [0, 0.05) is 31.4 Å². The van der Waals surface area contributed by atoms with E-state index in [4.69, 9.17) is 9.47 Å². The van der Waals surface area contributed by atoms with Crippen LogP contribution < -0.4 is 9.47 Å². The van der Waals surface area contributed by atoms with Gasteiger partial charge in [0.15, 0.2) is 5.82 Å². The van der Waals surface area contributed by atoms with Crippen molar-refractivity contribution >= 4 is 0 Å². The van der Waals surface area contributed by atoms with E-state index in [1.807, 2.05) is 46.9 Å². The van der Waals surface area contributed by atoms with Crippen molar-refractivity contribution < 1.29 is 9.47 Å². The summed E-state index contributed by atoms with van der Waals surface area (Å²) in [5.41, 5.74) is 1.51. The predicted molar refractivity (Wildman–Crippen MR) is 92.7 cm³/mol. The molecule has 0 bridgehead atoms. The molecule has 4 rings (SSSR count). The van der Waals surface area contributed by atoms with Gasteiger partial charge in [-0.05, 0) is 32.0 Å². The van der Waals surface area contributed by atoms with Gasteiger partial charge in [-0.15, -0.1) is 5.10 Å². The number of hydrogen-bond donors (Lipinski definition) is 0. The van der Waals surface area contributed by atoms with Gasteiger partial charge in [-0.1, -0.05) is 5.21 Å². The number of benzene rings is 1. The smallest absolute Gasteiger partial charge is 0.161 e. The molecule has 1 aliphatic heterocycles. The highest BCUT2D eigenvalue weighted by atomic mass is 16.5. The van der Waals surface area contributed by atoms with Crippen LogP contribution in [0.15, 0.2) is 36.8 Å². The van der Waals surface area contributed by atoms with Crippen LogP contribution in [0.25, 0.3) is 11.5 Å². The molecule has 0 aliphatic carbocycles. The van der Waals surface area contributed by atoms with Gasteiger partial charge < -0.3 is 14.0 Å². The van der Waals surface area contributed by atoms with E-state index in [0.29, 0.717) is 0 Å². The first kappa shape index (κ1) is 15.7. The highest BCUT2D eigenvalue weighted by Gasteiger charge is 2.35. The third kappa shape index (κ3) is 2.75. The Morgan fingerprint density at radius 1 is 1.32 bits per heavy atom. The Morgan fingerprint density at radius 2 is 2.16 bits per heavy atom. The van der Waals surface area contributed by atoms with Gasteiger partial charge in [0.25, 0.3) is 0 Å². The zero-order chi connectivity index (χ0) is 17.6. The third-order valence-electron chi connectivity index (χ3n) is 4.53. The molecule has 7 nitrogen and oxygen atoms in total. The van der Waals surface area contributed by atoms with Crippen LogP contribution in [-0.4, -0.2) is 37.3 Å². The zero-order valence-electron chi connectivity index (χ0n) is 14.8. The molecule has 0 saturated carbocycles. The van der Waals surface area contributed by atoms with Crippen LogP contribution in [0.3, 0.4) is 0 Å². The lowest BCUT2D eigenvalue weighted by Crippen LogP contribution is -2.37. The Balaban J connectivity index is 1.78. The van der Waals surface area contributed by atoms with Crippen molar-refractivity contribution in [2.45, 2.75) is 31.9 Å². The van der Waals surface area contributed by atoms with Crippen molar-refractivity contribution in [2.75, 3.05) is 7.11 Å². The van der Waals surface area contributed by atoms with Crippen molar-refractivity contribution in [2.24, 2.45) is 7.05 Å². The number of aromatic nitrogens is 5. The molecule has 2 aromatic heterocycles. The first-order valence-corrected chi connectivity index (χ1v) is 8.23. The Labute approximate surface area is 146 Å². The van der Waals surface area contributed by atoms with Crippen molar-refractivity contribution in [1.29, 1.82) is 0 Å². The van der Waals surface area contributed by atoms with E-state index in [2.05, 4.69) is 29.1 Å². The summed E-state index contributed by atoms with van der Waals surface area (Å²) >= 11 is 0. The van der Waals surface area contributed by atoms with Crippen LogP contribution in [0.1, 0.15) is 31.9 Å². The SMILES string of the molecule is COc1ccc2c(c1)C(n1cc(-c3nccn3C)nn1)CC(C)(C)O2. The minimum atomic E-state index is -0.290. The van der Waals surface area contributed by atoms with Crippen LogP contribution in [0.5, 0.6) is 11.5 Å².